The maximum absolute atomic E-state index is 12.9. The van der Waals surface area contributed by atoms with Gasteiger partial charge >= 0.3 is 5.97 Å². The highest BCUT2D eigenvalue weighted by Gasteiger charge is 2.72. The van der Waals surface area contributed by atoms with Crippen molar-refractivity contribution in [3.05, 3.63) is 0 Å². The van der Waals surface area contributed by atoms with Crippen molar-refractivity contribution in [3.8, 4) is 0 Å². The quantitative estimate of drug-likeness (QED) is 0.760. The second-order valence-electron chi connectivity index (χ2n) is 4.64. The first-order valence-electron chi connectivity index (χ1n) is 5.21. The SMILES string of the molecule is CC(=O)NC(C(=O)O)C1CC2[C@H](C1)C2(F)F. The fourth-order valence-electron chi connectivity index (χ4n) is 2.72. The highest BCUT2D eigenvalue weighted by atomic mass is 19.3. The van der Waals surface area contributed by atoms with E-state index in [-0.39, 0.29) is 18.8 Å². The van der Waals surface area contributed by atoms with Gasteiger partial charge in [0.05, 0.1) is 0 Å². The molecule has 0 spiro atoms. The molecule has 16 heavy (non-hydrogen) atoms. The molecule has 2 N–H and O–H groups in total. The summed E-state index contributed by atoms with van der Waals surface area (Å²) in [4.78, 5) is 21.7. The van der Waals surface area contributed by atoms with Crippen LogP contribution in [0.1, 0.15) is 19.8 Å². The van der Waals surface area contributed by atoms with E-state index in [4.69, 9.17) is 5.11 Å². The summed E-state index contributed by atoms with van der Waals surface area (Å²) in [6.45, 7) is 1.22. The van der Waals surface area contributed by atoms with Crippen molar-refractivity contribution >= 4 is 11.9 Å². The maximum Gasteiger partial charge on any atom is 0.326 e. The highest BCUT2D eigenvalue weighted by molar-refractivity contribution is 5.82. The van der Waals surface area contributed by atoms with Crippen molar-refractivity contribution in [1.82, 2.24) is 5.32 Å². The summed E-state index contributed by atoms with van der Waals surface area (Å²) in [7, 11) is 0. The Labute approximate surface area is 91.0 Å². The second-order valence-corrected chi connectivity index (χ2v) is 4.64. The molecule has 0 aromatic rings. The van der Waals surface area contributed by atoms with Crippen LogP contribution in [0.5, 0.6) is 0 Å². The smallest absolute Gasteiger partial charge is 0.326 e. The third kappa shape index (κ3) is 1.66. The number of fused-ring (bicyclic) bond motifs is 1. The number of aliphatic carboxylic acids is 1. The Balaban J connectivity index is 1.98. The molecule has 0 heterocycles. The van der Waals surface area contributed by atoms with E-state index in [1.807, 2.05) is 0 Å². The average molecular weight is 233 g/mol. The molecule has 6 heteroatoms. The summed E-state index contributed by atoms with van der Waals surface area (Å²) in [6, 6.07) is -1.03. The minimum Gasteiger partial charge on any atom is -0.480 e. The number of carbonyl (C=O) groups is 2. The van der Waals surface area contributed by atoms with Crippen LogP contribution < -0.4 is 5.32 Å². The zero-order valence-electron chi connectivity index (χ0n) is 8.74. The molecule has 3 unspecified atom stereocenters. The van der Waals surface area contributed by atoms with Gasteiger partial charge in [-0.15, -0.1) is 0 Å². The van der Waals surface area contributed by atoms with Crippen LogP contribution in [0.15, 0.2) is 0 Å². The average Bonchev–Trinajstić information content (AvgIpc) is 2.59. The summed E-state index contributed by atoms with van der Waals surface area (Å²) in [6.07, 6.45) is 0.379. The lowest BCUT2D eigenvalue weighted by atomic mass is 9.94. The van der Waals surface area contributed by atoms with Gasteiger partial charge in [-0.1, -0.05) is 0 Å². The zero-order valence-corrected chi connectivity index (χ0v) is 8.74. The molecule has 0 aromatic heterocycles. The normalized spacial score (nSPS) is 36.3. The molecule has 0 aliphatic heterocycles. The number of amides is 1. The first kappa shape index (κ1) is 11.3. The first-order valence-corrected chi connectivity index (χ1v) is 5.21. The summed E-state index contributed by atoms with van der Waals surface area (Å²) in [5, 5.41) is 11.2. The summed E-state index contributed by atoms with van der Waals surface area (Å²) in [5.74, 6) is -5.91. The van der Waals surface area contributed by atoms with Gasteiger partial charge in [0.25, 0.3) is 5.92 Å². The van der Waals surface area contributed by atoms with E-state index in [1.54, 1.807) is 0 Å². The molecule has 2 aliphatic carbocycles. The van der Waals surface area contributed by atoms with Crippen LogP contribution in [0, 0.1) is 17.8 Å². The molecular weight excluding hydrogens is 220 g/mol. The summed E-state index contributed by atoms with van der Waals surface area (Å²) >= 11 is 0. The maximum atomic E-state index is 12.9. The lowest BCUT2D eigenvalue weighted by Crippen LogP contribution is -2.45. The largest absolute Gasteiger partial charge is 0.480 e. The lowest BCUT2D eigenvalue weighted by Gasteiger charge is -2.22. The first-order chi connectivity index (χ1) is 7.34. The summed E-state index contributed by atoms with van der Waals surface area (Å²) < 4.78 is 25.8. The van der Waals surface area contributed by atoms with Crippen LogP contribution in [-0.4, -0.2) is 28.9 Å². The number of hydrogen-bond acceptors (Lipinski definition) is 2. The minimum absolute atomic E-state index is 0.189. The Morgan fingerprint density at radius 1 is 1.38 bits per heavy atom. The topological polar surface area (TPSA) is 66.4 Å². The molecule has 0 radical (unpaired) electrons. The number of carboxylic acids is 1. The number of hydrogen-bond donors (Lipinski definition) is 2. The van der Waals surface area contributed by atoms with Crippen molar-refractivity contribution in [2.45, 2.75) is 31.7 Å². The van der Waals surface area contributed by atoms with E-state index >= 15 is 0 Å². The number of rotatable bonds is 3. The predicted octanol–water partition coefficient (Wildman–Crippen LogP) is 0.867. The van der Waals surface area contributed by atoms with Crippen LogP contribution >= 0.6 is 0 Å². The van der Waals surface area contributed by atoms with Crippen molar-refractivity contribution in [3.63, 3.8) is 0 Å². The molecule has 2 rings (SSSR count). The van der Waals surface area contributed by atoms with Gasteiger partial charge in [-0.05, 0) is 18.8 Å². The van der Waals surface area contributed by atoms with Gasteiger partial charge in [0.1, 0.15) is 6.04 Å². The minimum atomic E-state index is -2.60. The van der Waals surface area contributed by atoms with E-state index in [9.17, 15) is 18.4 Å². The van der Waals surface area contributed by atoms with Crippen LogP contribution in [-0.2, 0) is 9.59 Å². The van der Waals surface area contributed by atoms with Gasteiger partial charge in [0.2, 0.25) is 5.91 Å². The van der Waals surface area contributed by atoms with E-state index < -0.39 is 35.7 Å². The van der Waals surface area contributed by atoms with E-state index in [0.717, 1.165) is 0 Å². The van der Waals surface area contributed by atoms with Gasteiger partial charge < -0.3 is 10.4 Å². The predicted molar refractivity (Wildman–Crippen MR) is 49.9 cm³/mol. The standard InChI is InChI=1S/C10H13F2NO3/c1-4(14)13-8(9(15)16)5-2-6-7(3-5)10(6,11)12/h5-8H,2-3H2,1H3,(H,13,14)(H,15,16)/t5?,6-,7?,8?/m0/s1. The Morgan fingerprint density at radius 2 is 1.88 bits per heavy atom. The number of nitrogens with one attached hydrogen (secondary N) is 1. The van der Waals surface area contributed by atoms with Crippen LogP contribution in [0.4, 0.5) is 8.78 Å². The van der Waals surface area contributed by atoms with Crippen molar-refractivity contribution in [2.75, 3.05) is 0 Å². The number of carbonyl (C=O) groups excluding carboxylic acids is 1. The van der Waals surface area contributed by atoms with Gasteiger partial charge in [-0.2, -0.15) is 0 Å². The van der Waals surface area contributed by atoms with Crippen molar-refractivity contribution in [2.24, 2.45) is 17.8 Å². The molecule has 4 nitrogen and oxygen atoms in total. The molecule has 2 saturated carbocycles. The van der Waals surface area contributed by atoms with Gasteiger partial charge in [0.15, 0.2) is 0 Å². The third-order valence-corrected chi connectivity index (χ3v) is 3.57. The van der Waals surface area contributed by atoms with Crippen molar-refractivity contribution in [1.29, 1.82) is 0 Å². The van der Waals surface area contributed by atoms with E-state index in [2.05, 4.69) is 5.32 Å². The molecule has 0 saturated heterocycles. The van der Waals surface area contributed by atoms with Crippen molar-refractivity contribution < 1.29 is 23.5 Å². The van der Waals surface area contributed by atoms with Crippen LogP contribution in [0.25, 0.3) is 0 Å². The number of halogens is 2. The zero-order chi connectivity index (χ0) is 12.1. The Hall–Kier alpha value is -1.20. The fourth-order valence-corrected chi connectivity index (χ4v) is 2.72. The third-order valence-electron chi connectivity index (χ3n) is 3.57. The highest BCUT2D eigenvalue weighted by Crippen LogP contribution is 2.66. The van der Waals surface area contributed by atoms with Gasteiger partial charge in [-0.25, -0.2) is 13.6 Å². The van der Waals surface area contributed by atoms with Gasteiger partial charge in [0, 0.05) is 18.8 Å². The molecule has 1 amide bonds. The molecule has 2 aliphatic rings. The van der Waals surface area contributed by atoms with Gasteiger partial charge in [-0.3, -0.25) is 4.79 Å². The molecule has 4 atom stereocenters. The van der Waals surface area contributed by atoms with E-state index in [0.29, 0.717) is 0 Å². The Kier molecular flexibility index (Phi) is 2.40. The molecule has 90 valence electrons. The molecule has 0 aromatic carbocycles. The Bertz CT molecular complexity index is 331. The molecule has 0 bridgehead atoms. The number of alkyl halides is 2. The monoisotopic (exact) mass is 233 g/mol. The number of carboxylic acid groups (broad SMARTS) is 1. The summed E-state index contributed by atoms with van der Waals surface area (Å²) in [5.41, 5.74) is 0. The van der Waals surface area contributed by atoms with E-state index in [1.165, 1.54) is 6.92 Å². The molecule has 2 fully saturated rings. The second kappa shape index (κ2) is 3.40. The Morgan fingerprint density at radius 3 is 2.25 bits per heavy atom. The lowest BCUT2D eigenvalue weighted by molar-refractivity contribution is -0.143. The van der Waals surface area contributed by atoms with Crippen LogP contribution in [0.2, 0.25) is 0 Å². The van der Waals surface area contributed by atoms with Crippen LogP contribution in [0.3, 0.4) is 0 Å². The fraction of sp³-hybridized carbons (Fsp3) is 0.800. The molecular formula is C10H13F2NO3.